The Hall–Kier alpha value is -0.450. The molecule has 18 heavy (non-hydrogen) atoms. The van der Waals surface area contributed by atoms with Gasteiger partial charge in [0.1, 0.15) is 5.75 Å². The van der Waals surface area contributed by atoms with E-state index in [9.17, 15) is 8.42 Å². The van der Waals surface area contributed by atoms with Crippen LogP contribution in [0, 0.1) is 12.8 Å². The summed E-state index contributed by atoms with van der Waals surface area (Å²) in [4.78, 5) is 0. The number of aryl methyl sites for hydroxylation is 1. The van der Waals surface area contributed by atoms with Crippen LogP contribution in [0.25, 0.3) is 0 Å². The minimum atomic E-state index is -3.50. The van der Waals surface area contributed by atoms with Crippen LogP contribution in [0.3, 0.4) is 0 Å². The molecule has 0 radical (unpaired) electrons. The van der Waals surface area contributed by atoms with Gasteiger partial charge in [-0.2, -0.15) is 0 Å². The third-order valence-electron chi connectivity index (χ3n) is 2.57. The molecular weight excluding hydrogens is 295 g/mol. The Labute approximate surface area is 117 Å². The van der Waals surface area contributed by atoms with Gasteiger partial charge in [-0.25, -0.2) is 8.42 Å². The van der Waals surface area contributed by atoms with Crippen molar-refractivity contribution in [3.8, 4) is 5.75 Å². The van der Waals surface area contributed by atoms with E-state index in [2.05, 4.69) is 0 Å². The first kappa shape index (κ1) is 15.6. The number of ether oxygens (including phenoxy) is 1. The highest BCUT2D eigenvalue weighted by Gasteiger charge is 2.16. The molecule has 0 saturated heterocycles. The summed E-state index contributed by atoms with van der Waals surface area (Å²) in [6, 6.07) is 5.46. The van der Waals surface area contributed by atoms with Crippen LogP contribution < -0.4 is 4.74 Å². The molecule has 1 unspecified atom stereocenters. The van der Waals surface area contributed by atoms with E-state index < -0.39 is 9.05 Å². The number of rotatable bonds is 6. The Morgan fingerprint density at radius 1 is 1.39 bits per heavy atom. The van der Waals surface area contributed by atoms with Gasteiger partial charge < -0.3 is 4.74 Å². The standard InChI is InChI=1S/C12H16Cl2O3S/c1-3-10(8-18(14,15)16)7-17-12-6-9(2)4-5-11(12)13/h4-6,10H,3,7-8H2,1-2H3. The predicted molar refractivity (Wildman–Crippen MR) is 75.1 cm³/mol. The Morgan fingerprint density at radius 2 is 2.06 bits per heavy atom. The minimum absolute atomic E-state index is 0.0888. The molecule has 0 spiro atoms. The van der Waals surface area contributed by atoms with Crippen LogP contribution in [0.15, 0.2) is 18.2 Å². The van der Waals surface area contributed by atoms with Crippen molar-refractivity contribution >= 4 is 31.3 Å². The van der Waals surface area contributed by atoms with Crippen molar-refractivity contribution in [2.45, 2.75) is 20.3 Å². The zero-order valence-corrected chi connectivity index (χ0v) is 12.6. The third-order valence-corrected chi connectivity index (χ3v) is 4.13. The second-order valence-electron chi connectivity index (χ2n) is 4.22. The quantitative estimate of drug-likeness (QED) is 0.754. The van der Waals surface area contributed by atoms with Gasteiger partial charge in [0.2, 0.25) is 9.05 Å². The van der Waals surface area contributed by atoms with E-state index >= 15 is 0 Å². The maximum Gasteiger partial charge on any atom is 0.232 e. The number of hydrogen-bond acceptors (Lipinski definition) is 3. The molecule has 1 atom stereocenters. The summed E-state index contributed by atoms with van der Waals surface area (Å²) in [6.45, 7) is 4.11. The summed E-state index contributed by atoms with van der Waals surface area (Å²) >= 11 is 5.99. The zero-order valence-electron chi connectivity index (χ0n) is 10.3. The maximum absolute atomic E-state index is 11.0. The van der Waals surface area contributed by atoms with E-state index in [1.165, 1.54) is 0 Å². The number of hydrogen-bond donors (Lipinski definition) is 0. The average Bonchev–Trinajstić information content (AvgIpc) is 2.27. The van der Waals surface area contributed by atoms with Crippen molar-refractivity contribution in [3.63, 3.8) is 0 Å². The fourth-order valence-electron chi connectivity index (χ4n) is 1.49. The summed E-state index contributed by atoms with van der Waals surface area (Å²) in [5.74, 6) is 0.347. The van der Waals surface area contributed by atoms with Gasteiger partial charge in [-0.1, -0.05) is 24.6 Å². The van der Waals surface area contributed by atoms with Crippen LogP contribution in [0.1, 0.15) is 18.9 Å². The second kappa shape index (κ2) is 6.64. The minimum Gasteiger partial charge on any atom is -0.492 e. The summed E-state index contributed by atoms with van der Waals surface area (Å²) in [6.07, 6.45) is 0.676. The highest BCUT2D eigenvalue weighted by Crippen LogP contribution is 2.26. The summed E-state index contributed by atoms with van der Waals surface area (Å²) < 4.78 is 27.6. The molecule has 0 aromatic heterocycles. The van der Waals surface area contributed by atoms with Gasteiger partial charge in [0.25, 0.3) is 0 Å². The fraction of sp³-hybridized carbons (Fsp3) is 0.500. The molecule has 0 bridgehead atoms. The van der Waals surface area contributed by atoms with E-state index in [-0.39, 0.29) is 18.3 Å². The fourth-order valence-corrected chi connectivity index (χ4v) is 3.10. The first-order valence-electron chi connectivity index (χ1n) is 5.63. The van der Waals surface area contributed by atoms with Crippen LogP contribution >= 0.6 is 22.3 Å². The summed E-state index contributed by atoms with van der Waals surface area (Å²) in [7, 11) is 1.74. The predicted octanol–water partition coefficient (Wildman–Crippen LogP) is 3.62. The van der Waals surface area contributed by atoms with E-state index in [4.69, 9.17) is 27.0 Å². The highest BCUT2D eigenvalue weighted by molar-refractivity contribution is 8.13. The third kappa shape index (κ3) is 5.46. The molecule has 6 heteroatoms. The van der Waals surface area contributed by atoms with Crippen molar-refractivity contribution in [2.75, 3.05) is 12.4 Å². The molecule has 102 valence electrons. The Morgan fingerprint density at radius 3 is 2.61 bits per heavy atom. The largest absolute Gasteiger partial charge is 0.492 e. The first-order valence-corrected chi connectivity index (χ1v) is 8.48. The lowest BCUT2D eigenvalue weighted by molar-refractivity contribution is 0.258. The summed E-state index contributed by atoms with van der Waals surface area (Å²) in [5, 5.41) is 0.518. The van der Waals surface area contributed by atoms with Gasteiger partial charge in [-0.05, 0) is 31.0 Å². The van der Waals surface area contributed by atoms with Gasteiger partial charge in [0, 0.05) is 16.6 Å². The lowest BCUT2D eigenvalue weighted by Gasteiger charge is -2.15. The molecule has 0 N–H and O–H groups in total. The van der Waals surface area contributed by atoms with Crippen molar-refractivity contribution < 1.29 is 13.2 Å². The number of halogens is 2. The van der Waals surface area contributed by atoms with Gasteiger partial charge in [-0.15, -0.1) is 0 Å². The van der Waals surface area contributed by atoms with Crippen molar-refractivity contribution in [1.82, 2.24) is 0 Å². The summed E-state index contributed by atoms with van der Waals surface area (Å²) in [5.41, 5.74) is 1.03. The molecule has 0 aliphatic carbocycles. The highest BCUT2D eigenvalue weighted by atomic mass is 35.7. The molecule has 1 aromatic rings. The lowest BCUT2D eigenvalue weighted by Crippen LogP contribution is -2.19. The van der Waals surface area contributed by atoms with E-state index in [0.717, 1.165) is 5.56 Å². The van der Waals surface area contributed by atoms with Crippen molar-refractivity contribution in [3.05, 3.63) is 28.8 Å². The Bertz CT molecular complexity index is 500. The molecule has 0 saturated carbocycles. The lowest BCUT2D eigenvalue weighted by atomic mass is 10.1. The maximum atomic E-state index is 11.0. The number of benzene rings is 1. The van der Waals surface area contributed by atoms with Gasteiger partial charge in [-0.3, -0.25) is 0 Å². The molecule has 0 amide bonds. The van der Waals surface area contributed by atoms with Gasteiger partial charge in [0.05, 0.1) is 17.4 Å². The topological polar surface area (TPSA) is 43.4 Å². The Kier molecular flexibility index (Phi) is 5.76. The molecule has 0 aliphatic heterocycles. The van der Waals surface area contributed by atoms with Crippen molar-refractivity contribution in [2.24, 2.45) is 5.92 Å². The first-order chi connectivity index (χ1) is 8.31. The van der Waals surface area contributed by atoms with Gasteiger partial charge in [0.15, 0.2) is 0 Å². The van der Waals surface area contributed by atoms with E-state index in [0.29, 0.717) is 17.2 Å². The van der Waals surface area contributed by atoms with Gasteiger partial charge >= 0.3 is 0 Å². The second-order valence-corrected chi connectivity index (χ2v) is 7.45. The zero-order chi connectivity index (χ0) is 13.8. The monoisotopic (exact) mass is 310 g/mol. The normalized spacial score (nSPS) is 13.3. The average molecular weight is 311 g/mol. The molecule has 0 aliphatic rings. The van der Waals surface area contributed by atoms with Crippen LogP contribution in [0.4, 0.5) is 0 Å². The van der Waals surface area contributed by atoms with Crippen LogP contribution in [-0.4, -0.2) is 20.8 Å². The molecule has 1 rings (SSSR count). The van der Waals surface area contributed by atoms with Crippen LogP contribution in [0.2, 0.25) is 5.02 Å². The molecule has 0 fully saturated rings. The van der Waals surface area contributed by atoms with Crippen LogP contribution in [-0.2, 0) is 9.05 Å². The SMILES string of the molecule is CCC(COc1cc(C)ccc1Cl)CS(=O)(=O)Cl. The van der Waals surface area contributed by atoms with E-state index in [1.54, 1.807) is 6.07 Å². The van der Waals surface area contributed by atoms with E-state index in [1.807, 2.05) is 26.0 Å². The molecule has 0 heterocycles. The Balaban J connectivity index is 2.65. The van der Waals surface area contributed by atoms with Crippen molar-refractivity contribution in [1.29, 1.82) is 0 Å². The smallest absolute Gasteiger partial charge is 0.232 e. The molecular formula is C12H16Cl2O3S. The van der Waals surface area contributed by atoms with Crippen LogP contribution in [0.5, 0.6) is 5.75 Å². The molecule has 1 aromatic carbocycles. The molecule has 3 nitrogen and oxygen atoms in total.